The first-order chi connectivity index (χ1) is 13.5. The number of rotatable bonds is 5. The number of hydrazone groups is 1. The lowest BCUT2D eigenvalue weighted by Crippen LogP contribution is -2.31. The Hall–Kier alpha value is -2.32. The van der Waals surface area contributed by atoms with Gasteiger partial charge >= 0.3 is 0 Å². The number of thioether (sulfide) groups is 1. The summed E-state index contributed by atoms with van der Waals surface area (Å²) in [6.07, 6.45) is 0.972. The van der Waals surface area contributed by atoms with Gasteiger partial charge in [-0.15, -0.1) is 5.10 Å². The van der Waals surface area contributed by atoms with E-state index in [-0.39, 0.29) is 11.7 Å². The molecule has 0 bridgehead atoms. The summed E-state index contributed by atoms with van der Waals surface area (Å²) in [5, 5.41) is 9.47. The van der Waals surface area contributed by atoms with Crippen LogP contribution in [0.2, 0.25) is 0 Å². The Morgan fingerprint density at radius 3 is 2.61 bits per heavy atom. The van der Waals surface area contributed by atoms with Crippen LogP contribution in [0, 0.1) is 0 Å². The van der Waals surface area contributed by atoms with E-state index in [1.54, 1.807) is 5.01 Å². The molecule has 28 heavy (non-hydrogen) atoms. The second-order valence-corrected chi connectivity index (χ2v) is 8.01. The van der Waals surface area contributed by atoms with Gasteiger partial charge in [0.05, 0.1) is 5.75 Å². The first-order valence-corrected chi connectivity index (χ1v) is 10.6. The number of nitrogens with zero attached hydrogens (tertiary/aromatic N) is 3. The third kappa shape index (κ3) is 6.10. The third-order valence-corrected chi connectivity index (χ3v) is 5.23. The predicted octanol–water partition coefficient (Wildman–Crippen LogP) is 4.38. The number of ether oxygens (including phenoxy) is 1. The maximum atomic E-state index is 12.2. The summed E-state index contributed by atoms with van der Waals surface area (Å²) in [7, 11) is 1.84. The number of nitrogens with one attached hydrogen (secondary N) is 1. The van der Waals surface area contributed by atoms with Crippen molar-refractivity contribution in [3.63, 3.8) is 0 Å². The first-order valence-electron chi connectivity index (χ1n) is 8.84. The SMILES string of the molecule is CCc1ccc(NC(=O)CSC2=NN(C)CC(Oc3ccc(Br)cc3)=N2)cc1. The number of carbonyl (C=O) groups excluding carboxylic acids is 1. The molecule has 146 valence electrons. The van der Waals surface area contributed by atoms with E-state index >= 15 is 0 Å². The number of anilines is 1. The molecule has 0 fully saturated rings. The molecule has 2 aromatic carbocycles. The summed E-state index contributed by atoms with van der Waals surface area (Å²) in [6.45, 7) is 2.57. The highest BCUT2D eigenvalue weighted by molar-refractivity contribution is 9.10. The van der Waals surface area contributed by atoms with E-state index < -0.39 is 0 Å². The molecule has 0 unspecified atom stereocenters. The highest BCUT2D eigenvalue weighted by Crippen LogP contribution is 2.19. The van der Waals surface area contributed by atoms with Crippen molar-refractivity contribution in [3.8, 4) is 5.75 Å². The Labute approximate surface area is 177 Å². The number of benzene rings is 2. The standard InChI is InChI=1S/C20H21BrN4O2S/c1-3-14-4-8-16(9-5-14)22-18(26)13-28-20-23-19(12-25(2)24-20)27-17-10-6-15(21)7-11-17/h4-11H,3,12-13H2,1-2H3,(H,22,26). The molecule has 1 aliphatic heterocycles. The van der Waals surface area contributed by atoms with Gasteiger partial charge in [-0.25, -0.2) is 0 Å². The van der Waals surface area contributed by atoms with Crippen molar-refractivity contribution in [2.24, 2.45) is 10.1 Å². The van der Waals surface area contributed by atoms with Crippen molar-refractivity contribution < 1.29 is 9.53 Å². The van der Waals surface area contributed by atoms with E-state index in [9.17, 15) is 4.79 Å². The maximum absolute atomic E-state index is 12.2. The molecule has 0 aliphatic carbocycles. The summed E-state index contributed by atoms with van der Waals surface area (Å²) in [5.74, 6) is 1.36. The predicted molar refractivity (Wildman–Crippen MR) is 119 cm³/mol. The Kier molecular flexibility index (Phi) is 7.11. The molecule has 1 aliphatic rings. The van der Waals surface area contributed by atoms with Crippen LogP contribution in [0.15, 0.2) is 63.1 Å². The number of hydrogen-bond acceptors (Lipinski definition) is 6. The second kappa shape index (κ2) is 9.75. The van der Waals surface area contributed by atoms with Gasteiger partial charge in [0.15, 0.2) is 0 Å². The Morgan fingerprint density at radius 1 is 1.21 bits per heavy atom. The Bertz CT molecular complexity index is 882. The van der Waals surface area contributed by atoms with Crippen LogP contribution in [-0.2, 0) is 11.2 Å². The molecule has 3 rings (SSSR count). The van der Waals surface area contributed by atoms with E-state index in [0.717, 1.165) is 16.6 Å². The van der Waals surface area contributed by atoms with Gasteiger partial charge in [0.2, 0.25) is 17.0 Å². The van der Waals surface area contributed by atoms with Crippen LogP contribution in [0.4, 0.5) is 5.69 Å². The van der Waals surface area contributed by atoms with Crippen molar-refractivity contribution in [2.75, 3.05) is 24.7 Å². The number of amidine groups is 1. The average molecular weight is 461 g/mol. The number of likely N-dealkylation sites (N-methyl/N-ethyl adjacent to an activating group) is 1. The molecule has 0 spiro atoms. The zero-order chi connectivity index (χ0) is 19.9. The van der Waals surface area contributed by atoms with Crippen LogP contribution in [0.3, 0.4) is 0 Å². The van der Waals surface area contributed by atoms with E-state index in [1.165, 1.54) is 17.3 Å². The Balaban J connectivity index is 1.55. The minimum absolute atomic E-state index is 0.101. The molecule has 0 saturated heterocycles. The molecule has 1 N–H and O–H groups in total. The van der Waals surface area contributed by atoms with E-state index in [0.29, 0.717) is 23.4 Å². The van der Waals surface area contributed by atoms with Gasteiger partial charge in [0.25, 0.3) is 0 Å². The summed E-state index contributed by atoms with van der Waals surface area (Å²) in [4.78, 5) is 16.6. The largest absolute Gasteiger partial charge is 0.441 e. The number of halogens is 1. The first kappa shape index (κ1) is 20.4. The van der Waals surface area contributed by atoms with Crippen LogP contribution in [0.1, 0.15) is 12.5 Å². The second-order valence-electron chi connectivity index (χ2n) is 6.15. The lowest BCUT2D eigenvalue weighted by Gasteiger charge is -2.20. The molecule has 1 amide bonds. The summed E-state index contributed by atoms with van der Waals surface area (Å²) in [6, 6.07) is 15.4. The van der Waals surface area contributed by atoms with Crippen LogP contribution in [0.25, 0.3) is 0 Å². The topological polar surface area (TPSA) is 66.3 Å². The van der Waals surface area contributed by atoms with Crippen molar-refractivity contribution in [1.82, 2.24) is 5.01 Å². The fraction of sp³-hybridized carbons (Fsp3) is 0.250. The zero-order valence-corrected chi connectivity index (χ0v) is 18.1. The van der Waals surface area contributed by atoms with Gasteiger partial charge in [-0.3, -0.25) is 9.80 Å². The van der Waals surface area contributed by atoms with Crippen molar-refractivity contribution in [1.29, 1.82) is 0 Å². The molecule has 8 heteroatoms. The van der Waals surface area contributed by atoms with Crippen LogP contribution >= 0.6 is 27.7 Å². The van der Waals surface area contributed by atoms with Crippen LogP contribution in [-0.4, -0.2) is 41.3 Å². The molecular formula is C20H21BrN4O2S. The van der Waals surface area contributed by atoms with Gasteiger partial charge < -0.3 is 10.1 Å². The molecule has 2 aromatic rings. The fourth-order valence-electron chi connectivity index (χ4n) is 2.45. The number of aryl methyl sites for hydroxylation is 1. The van der Waals surface area contributed by atoms with Crippen molar-refractivity contribution >= 4 is 50.4 Å². The van der Waals surface area contributed by atoms with Crippen molar-refractivity contribution in [3.05, 3.63) is 58.6 Å². The monoisotopic (exact) mass is 460 g/mol. The molecule has 6 nitrogen and oxygen atoms in total. The van der Waals surface area contributed by atoms with Crippen LogP contribution in [0.5, 0.6) is 5.75 Å². The lowest BCUT2D eigenvalue weighted by molar-refractivity contribution is -0.113. The maximum Gasteiger partial charge on any atom is 0.234 e. The van der Waals surface area contributed by atoms with Gasteiger partial charge in [-0.1, -0.05) is 46.7 Å². The molecular weight excluding hydrogens is 440 g/mol. The highest BCUT2D eigenvalue weighted by Gasteiger charge is 2.16. The minimum atomic E-state index is -0.101. The van der Waals surface area contributed by atoms with Crippen LogP contribution < -0.4 is 10.1 Å². The third-order valence-electron chi connectivity index (χ3n) is 3.87. The van der Waals surface area contributed by atoms with E-state index in [1.807, 2.05) is 55.6 Å². The van der Waals surface area contributed by atoms with Gasteiger partial charge in [0.1, 0.15) is 12.3 Å². The minimum Gasteiger partial charge on any atom is -0.441 e. The summed E-state index contributed by atoms with van der Waals surface area (Å²) in [5.41, 5.74) is 2.02. The van der Waals surface area contributed by atoms with E-state index in [2.05, 4.69) is 38.3 Å². The van der Waals surface area contributed by atoms with Gasteiger partial charge in [0, 0.05) is 17.2 Å². The van der Waals surface area contributed by atoms with Gasteiger partial charge in [-0.2, -0.15) is 4.99 Å². The average Bonchev–Trinajstić information content (AvgIpc) is 2.68. The lowest BCUT2D eigenvalue weighted by atomic mass is 10.1. The number of amides is 1. The molecule has 0 radical (unpaired) electrons. The highest BCUT2D eigenvalue weighted by atomic mass is 79.9. The normalized spacial score (nSPS) is 13.6. The number of carbonyl (C=O) groups is 1. The molecule has 0 aromatic heterocycles. The summed E-state index contributed by atoms with van der Waals surface area (Å²) < 4.78 is 6.81. The quantitative estimate of drug-likeness (QED) is 0.718. The molecule has 0 atom stereocenters. The van der Waals surface area contributed by atoms with Crippen molar-refractivity contribution in [2.45, 2.75) is 13.3 Å². The number of hydrogen-bond donors (Lipinski definition) is 1. The summed E-state index contributed by atoms with van der Waals surface area (Å²) >= 11 is 4.67. The molecule has 1 heterocycles. The smallest absolute Gasteiger partial charge is 0.234 e. The van der Waals surface area contributed by atoms with E-state index in [4.69, 9.17) is 4.74 Å². The van der Waals surface area contributed by atoms with Gasteiger partial charge in [-0.05, 0) is 48.4 Å². The molecule has 0 saturated carbocycles. The number of aliphatic imine (C=N–C) groups is 1. The Morgan fingerprint density at radius 2 is 1.93 bits per heavy atom. The zero-order valence-electron chi connectivity index (χ0n) is 15.7. The fourth-order valence-corrected chi connectivity index (χ4v) is 3.41.